The van der Waals surface area contributed by atoms with E-state index in [0.717, 1.165) is 17.6 Å². The fourth-order valence-electron chi connectivity index (χ4n) is 1.69. The first-order valence-electron chi connectivity index (χ1n) is 6.34. The number of aliphatic hydroxyl groups excluding tert-OH is 1. The third kappa shape index (κ3) is 5.01. The fourth-order valence-corrected chi connectivity index (χ4v) is 1.69. The number of unbranched alkanes of at least 4 members (excludes halogenated alkanes) is 3. The normalized spacial score (nSPS) is 12.8. The predicted octanol–water partition coefficient (Wildman–Crippen LogP) is 4.41. The van der Waals surface area contributed by atoms with Gasteiger partial charge in [0.05, 0.1) is 0 Å². The Morgan fingerprint density at radius 2 is 2.00 bits per heavy atom. The second kappa shape index (κ2) is 7.86. The summed E-state index contributed by atoms with van der Waals surface area (Å²) in [5, 5.41) is 10.0. The molecule has 92 valence electrons. The second-order valence-corrected chi connectivity index (χ2v) is 4.29. The lowest BCUT2D eigenvalue weighted by atomic mass is 10.0. The van der Waals surface area contributed by atoms with Crippen molar-refractivity contribution in [3.05, 3.63) is 60.2 Å². The van der Waals surface area contributed by atoms with Crippen LogP contribution in [0.4, 0.5) is 0 Å². The molecule has 0 spiro atoms. The van der Waals surface area contributed by atoms with Gasteiger partial charge in [0.25, 0.3) is 0 Å². The Labute approximate surface area is 104 Å². The van der Waals surface area contributed by atoms with E-state index in [0.29, 0.717) is 0 Å². The van der Waals surface area contributed by atoms with Crippen LogP contribution in [0.5, 0.6) is 0 Å². The molecule has 1 rings (SSSR count). The van der Waals surface area contributed by atoms with Crippen LogP contribution in [0, 0.1) is 0 Å². The van der Waals surface area contributed by atoms with E-state index in [-0.39, 0.29) is 0 Å². The lowest BCUT2D eigenvalue weighted by molar-refractivity contribution is 0.220. The Hall–Kier alpha value is -1.34. The van der Waals surface area contributed by atoms with Crippen molar-refractivity contribution < 1.29 is 5.11 Å². The standard InChI is InChI=1S/C16H22O/c1-3-4-5-6-8-11-14(2)16(17)15-12-9-7-10-13-15/h7-13,16-17H,2-6H2,1H3/b11-8-. The van der Waals surface area contributed by atoms with Gasteiger partial charge in [0.2, 0.25) is 0 Å². The zero-order valence-electron chi connectivity index (χ0n) is 10.6. The summed E-state index contributed by atoms with van der Waals surface area (Å²) in [6, 6.07) is 9.63. The highest BCUT2D eigenvalue weighted by Gasteiger charge is 2.07. The zero-order chi connectivity index (χ0) is 12.5. The summed E-state index contributed by atoms with van der Waals surface area (Å²) in [5.41, 5.74) is 1.66. The van der Waals surface area contributed by atoms with Gasteiger partial charge in [0.1, 0.15) is 6.10 Å². The number of hydrogen-bond donors (Lipinski definition) is 1. The van der Waals surface area contributed by atoms with E-state index in [2.05, 4.69) is 19.6 Å². The summed E-state index contributed by atoms with van der Waals surface area (Å²) in [6.07, 6.45) is 8.23. The number of allylic oxidation sites excluding steroid dienone is 1. The number of benzene rings is 1. The minimum Gasteiger partial charge on any atom is -0.384 e. The minimum absolute atomic E-state index is 0.585. The molecule has 1 nitrogen and oxygen atoms in total. The van der Waals surface area contributed by atoms with Gasteiger partial charge in [0.15, 0.2) is 0 Å². The van der Waals surface area contributed by atoms with Gasteiger partial charge in [-0.1, -0.05) is 68.8 Å². The molecular formula is C16H22O. The summed E-state index contributed by atoms with van der Waals surface area (Å²) in [7, 11) is 0. The first-order valence-corrected chi connectivity index (χ1v) is 6.34. The van der Waals surface area contributed by atoms with Crippen LogP contribution >= 0.6 is 0 Å². The molecule has 1 aromatic rings. The van der Waals surface area contributed by atoms with Gasteiger partial charge in [-0.2, -0.15) is 0 Å². The van der Waals surface area contributed by atoms with E-state index in [1.165, 1.54) is 19.3 Å². The molecule has 1 N–H and O–H groups in total. The molecule has 1 heteroatoms. The van der Waals surface area contributed by atoms with Gasteiger partial charge in [-0.15, -0.1) is 0 Å². The van der Waals surface area contributed by atoms with E-state index in [4.69, 9.17) is 0 Å². The van der Waals surface area contributed by atoms with E-state index >= 15 is 0 Å². The van der Waals surface area contributed by atoms with Crippen molar-refractivity contribution in [2.45, 2.75) is 38.7 Å². The first-order chi connectivity index (χ1) is 8.25. The molecule has 0 bridgehead atoms. The van der Waals surface area contributed by atoms with Crippen molar-refractivity contribution in [1.29, 1.82) is 0 Å². The molecule has 0 aliphatic heterocycles. The molecule has 0 radical (unpaired) electrons. The van der Waals surface area contributed by atoms with Crippen molar-refractivity contribution >= 4 is 0 Å². The molecular weight excluding hydrogens is 208 g/mol. The van der Waals surface area contributed by atoms with Crippen molar-refractivity contribution in [3.8, 4) is 0 Å². The Kier molecular flexibility index (Phi) is 6.34. The molecule has 0 amide bonds. The Bertz CT molecular complexity index is 351. The third-order valence-corrected chi connectivity index (χ3v) is 2.77. The third-order valence-electron chi connectivity index (χ3n) is 2.77. The maximum atomic E-state index is 10.0. The molecule has 0 saturated heterocycles. The average molecular weight is 230 g/mol. The summed E-state index contributed by atoms with van der Waals surface area (Å²) in [5.74, 6) is 0. The fraction of sp³-hybridized carbons (Fsp3) is 0.375. The predicted molar refractivity (Wildman–Crippen MR) is 73.8 cm³/mol. The molecule has 1 aromatic carbocycles. The number of hydrogen-bond acceptors (Lipinski definition) is 1. The summed E-state index contributed by atoms with van der Waals surface area (Å²) in [6.45, 7) is 6.11. The topological polar surface area (TPSA) is 20.2 Å². The first kappa shape index (κ1) is 13.7. The van der Waals surface area contributed by atoms with Crippen LogP contribution in [0.3, 0.4) is 0 Å². The van der Waals surface area contributed by atoms with Crippen molar-refractivity contribution in [1.82, 2.24) is 0 Å². The van der Waals surface area contributed by atoms with E-state index in [1.54, 1.807) is 0 Å². The highest BCUT2D eigenvalue weighted by molar-refractivity contribution is 5.30. The van der Waals surface area contributed by atoms with Gasteiger partial charge in [-0.3, -0.25) is 0 Å². The highest BCUT2D eigenvalue weighted by atomic mass is 16.3. The van der Waals surface area contributed by atoms with Crippen molar-refractivity contribution in [3.63, 3.8) is 0 Å². The Morgan fingerprint density at radius 3 is 2.65 bits per heavy atom. The molecule has 0 aromatic heterocycles. The van der Waals surface area contributed by atoms with E-state index < -0.39 is 6.10 Å². The molecule has 0 aliphatic carbocycles. The van der Waals surface area contributed by atoms with Gasteiger partial charge in [0, 0.05) is 0 Å². The molecule has 0 heterocycles. The highest BCUT2D eigenvalue weighted by Crippen LogP contribution is 2.20. The summed E-state index contributed by atoms with van der Waals surface area (Å²) in [4.78, 5) is 0. The monoisotopic (exact) mass is 230 g/mol. The quantitative estimate of drug-likeness (QED) is 0.543. The van der Waals surface area contributed by atoms with Crippen LogP contribution < -0.4 is 0 Å². The Balaban J connectivity index is 2.42. The molecule has 1 unspecified atom stereocenters. The average Bonchev–Trinajstić information content (AvgIpc) is 2.38. The maximum Gasteiger partial charge on any atom is 0.103 e. The van der Waals surface area contributed by atoms with E-state index in [9.17, 15) is 5.11 Å². The Morgan fingerprint density at radius 1 is 1.29 bits per heavy atom. The van der Waals surface area contributed by atoms with Gasteiger partial charge < -0.3 is 5.11 Å². The number of rotatable bonds is 7. The van der Waals surface area contributed by atoms with Crippen LogP contribution in [-0.4, -0.2) is 5.11 Å². The van der Waals surface area contributed by atoms with Crippen LogP contribution in [0.25, 0.3) is 0 Å². The van der Waals surface area contributed by atoms with Crippen LogP contribution in [-0.2, 0) is 0 Å². The van der Waals surface area contributed by atoms with Crippen LogP contribution in [0.15, 0.2) is 54.6 Å². The van der Waals surface area contributed by atoms with Crippen LogP contribution in [0.1, 0.15) is 44.3 Å². The molecule has 1 atom stereocenters. The van der Waals surface area contributed by atoms with Gasteiger partial charge in [-0.25, -0.2) is 0 Å². The van der Waals surface area contributed by atoms with Crippen LogP contribution in [0.2, 0.25) is 0 Å². The largest absolute Gasteiger partial charge is 0.384 e. The molecule has 0 saturated carbocycles. The maximum absolute atomic E-state index is 10.0. The van der Waals surface area contributed by atoms with Crippen molar-refractivity contribution in [2.24, 2.45) is 0 Å². The lowest BCUT2D eigenvalue weighted by Crippen LogP contribution is -1.98. The smallest absolute Gasteiger partial charge is 0.103 e. The minimum atomic E-state index is -0.585. The van der Waals surface area contributed by atoms with Crippen molar-refractivity contribution in [2.75, 3.05) is 0 Å². The molecule has 0 aliphatic rings. The van der Waals surface area contributed by atoms with Gasteiger partial charge >= 0.3 is 0 Å². The SMILES string of the molecule is C=C(/C=C\CCCCC)C(O)c1ccccc1. The molecule has 17 heavy (non-hydrogen) atoms. The summed E-state index contributed by atoms with van der Waals surface area (Å²) >= 11 is 0. The number of aliphatic hydroxyl groups is 1. The lowest BCUT2D eigenvalue weighted by Gasteiger charge is -2.10. The zero-order valence-corrected chi connectivity index (χ0v) is 10.6. The van der Waals surface area contributed by atoms with Gasteiger partial charge in [-0.05, 0) is 24.0 Å². The summed E-state index contributed by atoms with van der Waals surface area (Å²) < 4.78 is 0. The second-order valence-electron chi connectivity index (χ2n) is 4.29. The van der Waals surface area contributed by atoms with E-state index in [1.807, 2.05) is 36.4 Å². The molecule has 0 fully saturated rings.